The summed E-state index contributed by atoms with van der Waals surface area (Å²) < 4.78 is 5.19. The fraction of sp³-hybridized carbons (Fsp3) is 0.864. The highest BCUT2D eigenvalue weighted by Crippen LogP contribution is 2.42. The largest absolute Gasteiger partial charge is 0.463 e. The SMILES string of the molecule is CCCCOC(=O)/C=C/C1CCC([C@H]2CC[C@H](CCC)CC2)CC1. The molecule has 0 radical (unpaired) electrons. The standard InChI is InChI=1S/C22H38O2/c1-3-5-17-24-22(23)16-11-19-9-14-21(15-10-19)20-12-7-18(6-4-2)8-13-20/h11,16,18-21H,3-10,12-15,17H2,1-2H3/b16-11+/t18-,19?,20-,21?. The Morgan fingerprint density at radius 2 is 1.54 bits per heavy atom. The number of ether oxygens (including phenoxy) is 1. The lowest BCUT2D eigenvalue weighted by Crippen LogP contribution is -2.25. The molecule has 0 bridgehead atoms. The summed E-state index contributed by atoms with van der Waals surface area (Å²) >= 11 is 0. The Kier molecular flexibility index (Phi) is 8.91. The molecule has 2 aliphatic carbocycles. The zero-order valence-corrected chi connectivity index (χ0v) is 16.0. The molecule has 24 heavy (non-hydrogen) atoms. The van der Waals surface area contributed by atoms with Crippen molar-refractivity contribution in [1.82, 2.24) is 0 Å². The molecule has 0 spiro atoms. The number of carbonyl (C=O) groups is 1. The van der Waals surface area contributed by atoms with Crippen LogP contribution < -0.4 is 0 Å². The van der Waals surface area contributed by atoms with E-state index in [0.717, 1.165) is 30.6 Å². The van der Waals surface area contributed by atoms with E-state index in [1.165, 1.54) is 64.2 Å². The van der Waals surface area contributed by atoms with E-state index >= 15 is 0 Å². The van der Waals surface area contributed by atoms with Crippen molar-refractivity contribution < 1.29 is 9.53 Å². The Hall–Kier alpha value is -0.790. The molecule has 0 heterocycles. The van der Waals surface area contributed by atoms with Gasteiger partial charge in [-0.3, -0.25) is 0 Å². The number of hydrogen-bond donors (Lipinski definition) is 0. The third-order valence-electron chi connectivity index (χ3n) is 6.32. The van der Waals surface area contributed by atoms with Crippen LogP contribution in [0.2, 0.25) is 0 Å². The van der Waals surface area contributed by atoms with E-state index in [0.29, 0.717) is 12.5 Å². The van der Waals surface area contributed by atoms with E-state index in [1.807, 2.05) is 0 Å². The third kappa shape index (κ3) is 6.61. The van der Waals surface area contributed by atoms with Crippen molar-refractivity contribution in [3.63, 3.8) is 0 Å². The predicted molar refractivity (Wildman–Crippen MR) is 101 cm³/mol. The Morgan fingerprint density at radius 3 is 2.12 bits per heavy atom. The summed E-state index contributed by atoms with van der Waals surface area (Å²) in [6.45, 7) is 4.99. The maximum atomic E-state index is 11.6. The van der Waals surface area contributed by atoms with E-state index in [-0.39, 0.29) is 5.97 Å². The van der Waals surface area contributed by atoms with Crippen LogP contribution in [0.5, 0.6) is 0 Å². The van der Waals surface area contributed by atoms with Crippen molar-refractivity contribution in [1.29, 1.82) is 0 Å². The Labute approximate surface area is 149 Å². The van der Waals surface area contributed by atoms with Gasteiger partial charge in [0, 0.05) is 6.08 Å². The molecule has 0 amide bonds. The lowest BCUT2D eigenvalue weighted by atomic mass is 9.69. The maximum Gasteiger partial charge on any atom is 0.330 e. The summed E-state index contributed by atoms with van der Waals surface area (Å²) in [6, 6.07) is 0. The highest BCUT2D eigenvalue weighted by atomic mass is 16.5. The quantitative estimate of drug-likeness (QED) is 0.296. The second-order valence-electron chi connectivity index (χ2n) is 8.12. The zero-order valence-electron chi connectivity index (χ0n) is 16.0. The van der Waals surface area contributed by atoms with Gasteiger partial charge in [0.05, 0.1) is 6.61 Å². The van der Waals surface area contributed by atoms with Gasteiger partial charge in [-0.1, -0.05) is 52.0 Å². The Morgan fingerprint density at radius 1 is 0.917 bits per heavy atom. The molecule has 0 saturated heterocycles. The van der Waals surface area contributed by atoms with Gasteiger partial charge in [0.25, 0.3) is 0 Å². The molecule has 0 aliphatic heterocycles. The lowest BCUT2D eigenvalue weighted by Gasteiger charge is -2.37. The van der Waals surface area contributed by atoms with E-state index in [4.69, 9.17) is 4.74 Å². The van der Waals surface area contributed by atoms with Gasteiger partial charge < -0.3 is 4.74 Å². The van der Waals surface area contributed by atoms with Crippen LogP contribution in [-0.2, 0) is 9.53 Å². The second-order valence-corrected chi connectivity index (χ2v) is 8.12. The first-order chi connectivity index (χ1) is 11.7. The van der Waals surface area contributed by atoms with E-state index in [1.54, 1.807) is 6.08 Å². The minimum atomic E-state index is -0.153. The molecule has 2 rings (SSSR count). The van der Waals surface area contributed by atoms with Crippen molar-refractivity contribution in [2.45, 2.75) is 90.9 Å². The number of esters is 1. The van der Waals surface area contributed by atoms with Crippen molar-refractivity contribution in [3.05, 3.63) is 12.2 Å². The number of rotatable bonds is 8. The molecule has 0 N–H and O–H groups in total. The summed E-state index contributed by atoms with van der Waals surface area (Å²) in [7, 11) is 0. The van der Waals surface area contributed by atoms with Gasteiger partial charge in [-0.2, -0.15) is 0 Å². The average Bonchev–Trinajstić information content (AvgIpc) is 2.62. The van der Waals surface area contributed by atoms with Gasteiger partial charge in [-0.25, -0.2) is 4.79 Å². The van der Waals surface area contributed by atoms with Gasteiger partial charge in [-0.15, -0.1) is 0 Å². The van der Waals surface area contributed by atoms with E-state index in [2.05, 4.69) is 19.9 Å². The van der Waals surface area contributed by atoms with Gasteiger partial charge in [0.2, 0.25) is 0 Å². The predicted octanol–water partition coefficient (Wildman–Crippen LogP) is 6.30. The smallest absolute Gasteiger partial charge is 0.330 e. The molecule has 0 atom stereocenters. The minimum absolute atomic E-state index is 0.153. The Bertz CT molecular complexity index is 371. The highest BCUT2D eigenvalue weighted by molar-refractivity contribution is 5.81. The van der Waals surface area contributed by atoms with Crippen molar-refractivity contribution in [2.75, 3.05) is 6.61 Å². The normalized spacial score (nSPS) is 31.2. The van der Waals surface area contributed by atoms with Crippen LogP contribution >= 0.6 is 0 Å². The van der Waals surface area contributed by atoms with Crippen LogP contribution in [0.4, 0.5) is 0 Å². The van der Waals surface area contributed by atoms with Crippen LogP contribution in [0, 0.1) is 23.7 Å². The lowest BCUT2D eigenvalue weighted by molar-refractivity contribution is -0.137. The maximum absolute atomic E-state index is 11.6. The molecule has 0 aromatic heterocycles. The van der Waals surface area contributed by atoms with E-state index in [9.17, 15) is 4.79 Å². The van der Waals surface area contributed by atoms with Gasteiger partial charge in [0.1, 0.15) is 0 Å². The summed E-state index contributed by atoms with van der Waals surface area (Å²) in [5, 5.41) is 0. The summed E-state index contributed by atoms with van der Waals surface area (Å²) in [6.07, 6.45) is 19.8. The van der Waals surface area contributed by atoms with Crippen LogP contribution in [-0.4, -0.2) is 12.6 Å². The topological polar surface area (TPSA) is 26.3 Å². The van der Waals surface area contributed by atoms with Crippen LogP contribution in [0.3, 0.4) is 0 Å². The first kappa shape index (κ1) is 19.5. The number of allylic oxidation sites excluding steroid dienone is 1. The molecule has 2 fully saturated rings. The fourth-order valence-electron chi connectivity index (χ4n) is 4.75. The van der Waals surface area contributed by atoms with E-state index < -0.39 is 0 Å². The molecule has 2 heteroatoms. The van der Waals surface area contributed by atoms with Crippen molar-refractivity contribution in [3.8, 4) is 0 Å². The van der Waals surface area contributed by atoms with Gasteiger partial charge in [0.15, 0.2) is 0 Å². The molecule has 2 saturated carbocycles. The van der Waals surface area contributed by atoms with Crippen LogP contribution in [0.1, 0.15) is 90.9 Å². The highest BCUT2D eigenvalue weighted by Gasteiger charge is 2.30. The Balaban J connectivity index is 1.64. The second kappa shape index (κ2) is 10.9. The fourth-order valence-corrected chi connectivity index (χ4v) is 4.75. The number of unbranched alkanes of at least 4 members (excludes halogenated alkanes) is 1. The minimum Gasteiger partial charge on any atom is -0.463 e. The van der Waals surface area contributed by atoms with Crippen LogP contribution in [0.25, 0.3) is 0 Å². The van der Waals surface area contributed by atoms with Gasteiger partial charge in [-0.05, 0) is 68.6 Å². The average molecular weight is 335 g/mol. The van der Waals surface area contributed by atoms with Crippen molar-refractivity contribution in [2.24, 2.45) is 23.7 Å². The molecule has 0 unspecified atom stereocenters. The molecule has 2 aliphatic rings. The molecule has 0 aromatic rings. The first-order valence-electron chi connectivity index (χ1n) is 10.6. The number of hydrogen-bond acceptors (Lipinski definition) is 2. The zero-order chi connectivity index (χ0) is 17.2. The number of carbonyl (C=O) groups excluding carboxylic acids is 1. The molecule has 2 nitrogen and oxygen atoms in total. The summed E-state index contributed by atoms with van der Waals surface area (Å²) in [5.41, 5.74) is 0. The van der Waals surface area contributed by atoms with Gasteiger partial charge >= 0.3 is 5.97 Å². The molecular formula is C22H38O2. The molecule has 0 aromatic carbocycles. The summed E-state index contributed by atoms with van der Waals surface area (Å²) in [5.74, 6) is 3.40. The first-order valence-corrected chi connectivity index (χ1v) is 10.6. The third-order valence-corrected chi connectivity index (χ3v) is 6.32. The van der Waals surface area contributed by atoms with Crippen LogP contribution in [0.15, 0.2) is 12.2 Å². The molecule has 138 valence electrons. The summed E-state index contributed by atoms with van der Waals surface area (Å²) in [4.78, 5) is 11.6. The molecular weight excluding hydrogens is 296 g/mol. The van der Waals surface area contributed by atoms with Crippen molar-refractivity contribution >= 4 is 5.97 Å². The monoisotopic (exact) mass is 334 g/mol.